The Bertz CT molecular complexity index is 419. The van der Waals surface area contributed by atoms with Crippen molar-refractivity contribution in [3.63, 3.8) is 0 Å². The minimum atomic E-state index is -0.604. The van der Waals surface area contributed by atoms with Crippen molar-refractivity contribution in [2.45, 2.75) is 38.8 Å². The van der Waals surface area contributed by atoms with Gasteiger partial charge < -0.3 is 9.84 Å². The summed E-state index contributed by atoms with van der Waals surface area (Å²) in [4.78, 5) is 2.23. The van der Waals surface area contributed by atoms with Gasteiger partial charge in [0.2, 0.25) is 0 Å². The Labute approximate surface area is 114 Å². The van der Waals surface area contributed by atoms with E-state index in [0.717, 1.165) is 31.5 Å². The van der Waals surface area contributed by atoms with Crippen LogP contribution in [-0.4, -0.2) is 35.8 Å². The molecule has 1 N–H and O–H groups in total. The Hall–Kier alpha value is -1.13. The molecule has 2 rings (SSSR count). The number of benzene rings is 1. The number of aliphatic hydroxyl groups is 1. The number of hydrogen-bond donors (Lipinski definition) is 1. The molecule has 0 aliphatic carbocycles. The molecule has 106 valence electrons. The summed E-state index contributed by atoms with van der Waals surface area (Å²) in [5.74, 6) is 0.406. The first kappa shape index (κ1) is 14.3. The molecule has 0 fully saturated rings. The molecule has 0 amide bonds. The van der Waals surface area contributed by atoms with Gasteiger partial charge in [0.25, 0.3) is 0 Å². The van der Waals surface area contributed by atoms with E-state index in [9.17, 15) is 9.50 Å². The zero-order valence-electron chi connectivity index (χ0n) is 11.6. The SMILES string of the molecule is CCCN(CCC)C1c2cc(F)ccc2OCC1O. The molecule has 19 heavy (non-hydrogen) atoms. The van der Waals surface area contributed by atoms with Gasteiger partial charge in [0, 0.05) is 5.56 Å². The maximum atomic E-state index is 13.5. The molecule has 1 aliphatic rings. The van der Waals surface area contributed by atoms with Gasteiger partial charge in [0.1, 0.15) is 24.3 Å². The number of hydrogen-bond acceptors (Lipinski definition) is 3. The molecule has 1 aromatic carbocycles. The normalized spacial score (nSPS) is 22.2. The van der Waals surface area contributed by atoms with Crippen LogP contribution in [0.5, 0.6) is 5.75 Å². The van der Waals surface area contributed by atoms with E-state index in [-0.39, 0.29) is 18.5 Å². The Morgan fingerprint density at radius 1 is 1.32 bits per heavy atom. The highest BCUT2D eigenvalue weighted by Crippen LogP contribution is 2.36. The fourth-order valence-corrected chi connectivity index (χ4v) is 2.76. The Morgan fingerprint density at radius 3 is 2.63 bits per heavy atom. The third-order valence-electron chi connectivity index (χ3n) is 3.48. The highest BCUT2D eigenvalue weighted by Gasteiger charge is 2.33. The smallest absolute Gasteiger partial charge is 0.124 e. The maximum Gasteiger partial charge on any atom is 0.124 e. The lowest BCUT2D eigenvalue weighted by Crippen LogP contribution is -2.43. The van der Waals surface area contributed by atoms with Crippen molar-refractivity contribution >= 4 is 0 Å². The number of ether oxygens (including phenoxy) is 1. The molecular formula is C15H22FNO2. The maximum absolute atomic E-state index is 13.5. The number of halogens is 1. The number of nitrogens with zero attached hydrogens (tertiary/aromatic N) is 1. The Balaban J connectivity index is 2.34. The van der Waals surface area contributed by atoms with Crippen LogP contribution in [0.15, 0.2) is 18.2 Å². The molecule has 3 nitrogen and oxygen atoms in total. The van der Waals surface area contributed by atoms with E-state index in [1.807, 2.05) is 0 Å². The van der Waals surface area contributed by atoms with Crippen LogP contribution in [0.4, 0.5) is 4.39 Å². The summed E-state index contributed by atoms with van der Waals surface area (Å²) in [5, 5.41) is 10.2. The van der Waals surface area contributed by atoms with Crippen molar-refractivity contribution in [1.29, 1.82) is 0 Å². The summed E-state index contributed by atoms with van der Waals surface area (Å²) in [6.45, 7) is 6.28. The number of fused-ring (bicyclic) bond motifs is 1. The lowest BCUT2D eigenvalue weighted by molar-refractivity contribution is -0.000396. The summed E-state index contributed by atoms with van der Waals surface area (Å²) >= 11 is 0. The average molecular weight is 267 g/mol. The molecule has 1 aliphatic heterocycles. The van der Waals surface area contributed by atoms with Gasteiger partial charge in [-0.05, 0) is 44.1 Å². The number of rotatable bonds is 5. The van der Waals surface area contributed by atoms with Crippen LogP contribution in [0.1, 0.15) is 38.3 Å². The van der Waals surface area contributed by atoms with Crippen molar-refractivity contribution in [2.24, 2.45) is 0 Å². The minimum absolute atomic E-state index is 0.167. The van der Waals surface area contributed by atoms with Gasteiger partial charge >= 0.3 is 0 Å². The van der Waals surface area contributed by atoms with Crippen LogP contribution in [-0.2, 0) is 0 Å². The molecule has 0 radical (unpaired) electrons. The first-order valence-electron chi connectivity index (χ1n) is 7.01. The predicted molar refractivity (Wildman–Crippen MR) is 72.8 cm³/mol. The highest BCUT2D eigenvalue weighted by atomic mass is 19.1. The van der Waals surface area contributed by atoms with Crippen molar-refractivity contribution in [1.82, 2.24) is 4.90 Å². The topological polar surface area (TPSA) is 32.7 Å². The molecule has 0 saturated heterocycles. The molecule has 1 heterocycles. The van der Waals surface area contributed by atoms with E-state index < -0.39 is 6.10 Å². The second-order valence-electron chi connectivity index (χ2n) is 5.04. The lowest BCUT2D eigenvalue weighted by atomic mass is 9.96. The Kier molecular flexibility index (Phi) is 4.77. The van der Waals surface area contributed by atoms with E-state index in [0.29, 0.717) is 5.75 Å². The summed E-state index contributed by atoms with van der Waals surface area (Å²) in [5.41, 5.74) is 0.764. The summed E-state index contributed by atoms with van der Waals surface area (Å²) in [6.07, 6.45) is 1.41. The van der Waals surface area contributed by atoms with Crippen LogP contribution in [0.25, 0.3) is 0 Å². The van der Waals surface area contributed by atoms with E-state index in [2.05, 4.69) is 18.7 Å². The van der Waals surface area contributed by atoms with Gasteiger partial charge in [0.15, 0.2) is 0 Å². The van der Waals surface area contributed by atoms with Crippen LogP contribution in [0, 0.1) is 5.82 Å². The lowest BCUT2D eigenvalue weighted by Gasteiger charge is -2.38. The van der Waals surface area contributed by atoms with E-state index in [1.165, 1.54) is 12.1 Å². The zero-order chi connectivity index (χ0) is 13.8. The third-order valence-corrected chi connectivity index (χ3v) is 3.48. The van der Waals surface area contributed by atoms with Gasteiger partial charge in [-0.1, -0.05) is 13.8 Å². The van der Waals surface area contributed by atoms with Gasteiger partial charge in [-0.3, -0.25) is 4.90 Å². The summed E-state index contributed by atoms with van der Waals surface area (Å²) < 4.78 is 19.0. The molecule has 0 spiro atoms. The van der Waals surface area contributed by atoms with Gasteiger partial charge in [-0.2, -0.15) is 0 Å². The molecule has 0 aromatic heterocycles. The predicted octanol–water partition coefficient (Wildman–Crippen LogP) is 2.74. The first-order chi connectivity index (χ1) is 9.17. The second-order valence-corrected chi connectivity index (χ2v) is 5.04. The molecule has 4 heteroatoms. The van der Waals surface area contributed by atoms with Gasteiger partial charge in [-0.15, -0.1) is 0 Å². The molecule has 2 atom stereocenters. The van der Waals surface area contributed by atoms with Crippen molar-refractivity contribution < 1.29 is 14.2 Å². The van der Waals surface area contributed by atoms with Crippen LogP contribution < -0.4 is 4.74 Å². The van der Waals surface area contributed by atoms with Gasteiger partial charge in [0.05, 0.1) is 6.04 Å². The quantitative estimate of drug-likeness (QED) is 0.890. The van der Waals surface area contributed by atoms with Crippen LogP contribution >= 0.6 is 0 Å². The highest BCUT2D eigenvalue weighted by molar-refractivity contribution is 5.39. The first-order valence-corrected chi connectivity index (χ1v) is 7.01. The summed E-state index contributed by atoms with van der Waals surface area (Å²) in [6, 6.07) is 4.37. The second kappa shape index (κ2) is 6.35. The molecule has 1 aromatic rings. The van der Waals surface area contributed by atoms with Crippen molar-refractivity contribution in [2.75, 3.05) is 19.7 Å². The monoisotopic (exact) mass is 267 g/mol. The van der Waals surface area contributed by atoms with Crippen molar-refractivity contribution in [3.05, 3.63) is 29.6 Å². The van der Waals surface area contributed by atoms with Crippen LogP contribution in [0.2, 0.25) is 0 Å². The van der Waals surface area contributed by atoms with Crippen LogP contribution in [0.3, 0.4) is 0 Å². The standard InChI is InChI=1S/C15H22FNO2/c1-3-7-17(8-4-2)15-12-9-11(16)5-6-14(12)19-10-13(15)18/h5-6,9,13,15,18H,3-4,7-8,10H2,1-2H3. The molecular weight excluding hydrogens is 245 g/mol. The van der Waals surface area contributed by atoms with E-state index >= 15 is 0 Å². The Morgan fingerprint density at radius 2 is 2.00 bits per heavy atom. The van der Waals surface area contributed by atoms with E-state index in [4.69, 9.17) is 4.74 Å². The average Bonchev–Trinajstić information content (AvgIpc) is 2.38. The largest absolute Gasteiger partial charge is 0.490 e. The van der Waals surface area contributed by atoms with Gasteiger partial charge in [-0.25, -0.2) is 4.39 Å². The zero-order valence-corrected chi connectivity index (χ0v) is 11.6. The molecule has 0 saturated carbocycles. The fraction of sp³-hybridized carbons (Fsp3) is 0.600. The third kappa shape index (κ3) is 3.07. The minimum Gasteiger partial charge on any atom is -0.490 e. The molecule has 0 bridgehead atoms. The number of aliphatic hydroxyl groups excluding tert-OH is 1. The molecule has 2 unspecified atom stereocenters. The van der Waals surface area contributed by atoms with E-state index in [1.54, 1.807) is 6.07 Å². The summed E-state index contributed by atoms with van der Waals surface area (Å²) in [7, 11) is 0. The fourth-order valence-electron chi connectivity index (χ4n) is 2.76. The van der Waals surface area contributed by atoms with Crippen molar-refractivity contribution in [3.8, 4) is 5.75 Å².